The lowest BCUT2D eigenvalue weighted by Gasteiger charge is -2.36. The number of hydrogen-bond donors (Lipinski definition) is 0. The lowest BCUT2D eigenvalue weighted by Crippen LogP contribution is -2.53. The fourth-order valence-electron chi connectivity index (χ4n) is 4.93. The molecule has 0 bridgehead atoms. The van der Waals surface area contributed by atoms with Crippen LogP contribution in [0.5, 0.6) is 0 Å². The van der Waals surface area contributed by atoms with E-state index in [1.807, 2.05) is 19.1 Å². The first-order valence-electron chi connectivity index (χ1n) is 12.6. The van der Waals surface area contributed by atoms with Gasteiger partial charge in [0.1, 0.15) is 10.3 Å². The number of hydrogen-bond acceptors (Lipinski definition) is 8. The number of ether oxygens (including phenoxy) is 1. The molecular formula is C25H31ClN4O4S3. The van der Waals surface area contributed by atoms with Crippen LogP contribution in [0.4, 0.5) is 5.13 Å². The zero-order valence-electron chi connectivity index (χ0n) is 20.8. The molecule has 8 nitrogen and oxygen atoms in total. The standard InChI is InChI=1S/C25H31ClN4O4S3/c1-18-19(26)8-9-21-23(18)27-25(36-21)29(11-5-10-28-13-15-34-16-14-28)24(31)20-6-2-3-12-30(20)37(32,33)22-7-4-17-35-22/h4,7-9,17,20H,2-3,5-6,10-16H2,1H3. The maximum Gasteiger partial charge on any atom is 0.253 e. The molecule has 0 aliphatic carbocycles. The molecule has 1 atom stereocenters. The van der Waals surface area contributed by atoms with E-state index >= 15 is 0 Å². The molecule has 0 spiro atoms. The van der Waals surface area contributed by atoms with Crippen molar-refractivity contribution in [1.29, 1.82) is 0 Å². The molecule has 2 fully saturated rings. The number of piperidine rings is 1. The molecule has 3 aromatic rings. The normalized spacial score (nSPS) is 19.9. The van der Waals surface area contributed by atoms with Gasteiger partial charge >= 0.3 is 0 Å². The number of anilines is 1. The van der Waals surface area contributed by atoms with Crippen molar-refractivity contribution in [1.82, 2.24) is 14.2 Å². The highest BCUT2D eigenvalue weighted by Crippen LogP contribution is 2.35. The molecule has 200 valence electrons. The van der Waals surface area contributed by atoms with Gasteiger partial charge < -0.3 is 4.74 Å². The van der Waals surface area contributed by atoms with Crippen LogP contribution in [0.25, 0.3) is 10.2 Å². The Kier molecular flexibility index (Phi) is 8.49. The van der Waals surface area contributed by atoms with Gasteiger partial charge in [-0.3, -0.25) is 14.6 Å². The maximum absolute atomic E-state index is 14.2. The zero-order chi connectivity index (χ0) is 26.0. The largest absolute Gasteiger partial charge is 0.379 e. The second kappa shape index (κ2) is 11.6. The third-order valence-corrected chi connectivity index (χ3v) is 11.7. The van der Waals surface area contributed by atoms with Gasteiger partial charge in [-0.2, -0.15) is 4.31 Å². The van der Waals surface area contributed by atoms with Crippen LogP contribution >= 0.6 is 34.3 Å². The minimum atomic E-state index is -3.76. The average molecular weight is 583 g/mol. The van der Waals surface area contributed by atoms with Gasteiger partial charge in [-0.05, 0) is 55.3 Å². The summed E-state index contributed by atoms with van der Waals surface area (Å²) < 4.78 is 35.1. The number of nitrogens with zero attached hydrogens (tertiary/aromatic N) is 4. The number of carbonyl (C=O) groups is 1. The first kappa shape index (κ1) is 27.0. The Labute approximate surface area is 230 Å². The molecule has 0 saturated carbocycles. The molecule has 37 heavy (non-hydrogen) atoms. The predicted molar refractivity (Wildman–Crippen MR) is 149 cm³/mol. The number of sulfonamides is 1. The predicted octanol–water partition coefficient (Wildman–Crippen LogP) is 4.62. The van der Waals surface area contributed by atoms with E-state index in [1.165, 1.54) is 27.0 Å². The van der Waals surface area contributed by atoms with Gasteiger partial charge in [0.05, 0.1) is 23.4 Å². The second-order valence-electron chi connectivity index (χ2n) is 9.37. The van der Waals surface area contributed by atoms with Crippen molar-refractivity contribution in [3.8, 4) is 0 Å². The summed E-state index contributed by atoms with van der Waals surface area (Å²) in [6.45, 7) is 6.76. The first-order valence-corrected chi connectivity index (χ1v) is 16.1. The molecule has 12 heteroatoms. The Balaban J connectivity index is 1.45. The molecule has 2 aromatic heterocycles. The van der Waals surface area contributed by atoms with Gasteiger partial charge in [-0.25, -0.2) is 13.4 Å². The van der Waals surface area contributed by atoms with E-state index in [0.29, 0.717) is 29.7 Å². The molecule has 0 N–H and O–H groups in total. The number of carbonyl (C=O) groups excluding carboxylic acids is 1. The summed E-state index contributed by atoms with van der Waals surface area (Å²) in [5.41, 5.74) is 1.66. The van der Waals surface area contributed by atoms with Crippen LogP contribution in [0.1, 0.15) is 31.2 Å². The van der Waals surface area contributed by atoms with Crippen molar-refractivity contribution in [2.24, 2.45) is 0 Å². The molecule has 5 rings (SSSR count). The number of aryl methyl sites for hydroxylation is 1. The van der Waals surface area contributed by atoms with Gasteiger partial charge in [0.25, 0.3) is 10.0 Å². The smallest absolute Gasteiger partial charge is 0.253 e. The third-order valence-electron chi connectivity index (χ3n) is 6.99. The Morgan fingerprint density at radius 1 is 1.22 bits per heavy atom. The van der Waals surface area contributed by atoms with Crippen LogP contribution < -0.4 is 4.90 Å². The quantitative estimate of drug-likeness (QED) is 0.385. The van der Waals surface area contributed by atoms with Gasteiger partial charge in [0.2, 0.25) is 5.91 Å². The van der Waals surface area contributed by atoms with Crippen molar-refractivity contribution in [3.63, 3.8) is 0 Å². The molecule has 1 aromatic carbocycles. The van der Waals surface area contributed by atoms with Gasteiger partial charge in [-0.1, -0.05) is 35.4 Å². The highest BCUT2D eigenvalue weighted by atomic mass is 35.5. The number of amides is 1. The number of benzene rings is 1. The summed E-state index contributed by atoms with van der Waals surface area (Å²) in [5, 5.41) is 2.97. The highest BCUT2D eigenvalue weighted by Gasteiger charge is 2.40. The van der Waals surface area contributed by atoms with Crippen LogP contribution in [-0.2, 0) is 19.6 Å². The Morgan fingerprint density at radius 3 is 2.78 bits per heavy atom. The zero-order valence-corrected chi connectivity index (χ0v) is 24.0. The highest BCUT2D eigenvalue weighted by molar-refractivity contribution is 7.91. The number of halogens is 1. The molecule has 2 aliphatic heterocycles. The van der Waals surface area contributed by atoms with E-state index in [9.17, 15) is 13.2 Å². The van der Waals surface area contributed by atoms with Crippen LogP contribution in [-0.4, -0.2) is 80.5 Å². The number of thiophene rings is 1. The SMILES string of the molecule is Cc1c(Cl)ccc2sc(N(CCCN3CCOCC3)C(=O)C3CCCCN3S(=O)(=O)c3cccs3)nc12. The van der Waals surface area contributed by atoms with E-state index in [0.717, 1.165) is 67.9 Å². The minimum absolute atomic E-state index is 0.204. The van der Waals surface area contributed by atoms with Crippen molar-refractivity contribution in [2.75, 3.05) is 50.8 Å². The van der Waals surface area contributed by atoms with Crippen LogP contribution in [0.2, 0.25) is 5.02 Å². The molecule has 1 unspecified atom stereocenters. The molecule has 2 saturated heterocycles. The first-order chi connectivity index (χ1) is 17.9. The lowest BCUT2D eigenvalue weighted by molar-refractivity contribution is -0.123. The topological polar surface area (TPSA) is 83.0 Å². The van der Waals surface area contributed by atoms with E-state index < -0.39 is 16.1 Å². The number of aromatic nitrogens is 1. The maximum atomic E-state index is 14.2. The van der Waals surface area contributed by atoms with E-state index in [-0.39, 0.29) is 10.1 Å². The van der Waals surface area contributed by atoms with Gasteiger partial charge in [0.15, 0.2) is 5.13 Å². The van der Waals surface area contributed by atoms with Crippen LogP contribution in [0, 0.1) is 6.92 Å². The van der Waals surface area contributed by atoms with Crippen molar-refractivity contribution < 1.29 is 17.9 Å². The van der Waals surface area contributed by atoms with Crippen molar-refractivity contribution >= 4 is 65.6 Å². The van der Waals surface area contributed by atoms with Crippen LogP contribution in [0.15, 0.2) is 33.9 Å². The lowest BCUT2D eigenvalue weighted by atomic mass is 10.0. The summed E-state index contributed by atoms with van der Waals surface area (Å²) in [4.78, 5) is 23.0. The summed E-state index contributed by atoms with van der Waals surface area (Å²) >= 11 is 8.98. The number of thiazole rings is 1. The summed E-state index contributed by atoms with van der Waals surface area (Å²) in [5.74, 6) is -0.204. The molecule has 2 aliphatic rings. The third kappa shape index (κ3) is 5.73. The molecule has 0 radical (unpaired) electrons. The number of fused-ring (bicyclic) bond motifs is 1. The monoisotopic (exact) mass is 582 g/mol. The Hall–Kier alpha value is -1.60. The van der Waals surface area contributed by atoms with Gasteiger partial charge in [0, 0.05) is 37.7 Å². The Morgan fingerprint density at radius 2 is 2.03 bits per heavy atom. The summed E-state index contributed by atoms with van der Waals surface area (Å²) in [6.07, 6.45) is 2.80. The second-order valence-corrected chi connectivity index (χ2v) is 13.9. The average Bonchev–Trinajstić information content (AvgIpc) is 3.61. The van der Waals surface area contributed by atoms with E-state index in [1.54, 1.807) is 22.4 Å². The van der Waals surface area contributed by atoms with Crippen LogP contribution in [0.3, 0.4) is 0 Å². The summed E-state index contributed by atoms with van der Waals surface area (Å²) in [6, 6.07) is 6.36. The minimum Gasteiger partial charge on any atom is -0.379 e. The summed E-state index contributed by atoms with van der Waals surface area (Å²) in [7, 11) is -3.76. The van der Waals surface area contributed by atoms with Crippen molar-refractivity contribution in [2.45, 2.75) is 42.9 Å². The number of morpholine rings is 1. The number of rotatable bonds is 8. The molecule has 1 amide bonds. The fourth-order valence-corrected chi connectivity index (χ4v) is 8.91. The van der Waals surface area contributed by atoms with Crippen molar-refractivity contribution in [3.05, 3.63) is 40.2 Å². The van der Waals surface area contributed by atoms with E-state index in [2.05, 4.69) is 4.90 Å². The Bertz CT molecular complexity index is 1340. The van der Waals surface area contributed by atoms with Gasteiger partial charge in [-0.15, -0.1) is 11.3 Å². The molecule has 4 heterocycles. The fraction of sp³-hybridized carbons (Fsp3) is 0.520. The molecular weight excluding hydrogens is 552 g/mol. The van der Waals surface area contributed by atoms with E-state index in [4.69, 9.17) is 21.3 Å².